The summed E-state index contributed by atoms with van der Waals surface area (Å²) in [7, 11) is -7.50. The Morgan fingerprint density at radius 2 is 2.00 bits per heavy atom. The Morgan fingerprint density at radius 1 is 1.21 bits per heavy atom. The van der Waals surface area contributed by atoms with Gasteiger partial charge >= 0.3 is 0 Å². The van der Waals surface area contributed by atoms with E-state index in [1.54, 1.807) is 24.4 Å². The zero-order valence-electron chi connectivity index (χ0n) is 20.6. The number of aliphatic hydroxyl groups excluding tert-OH is 1. The molecule has 2 fully saturated rings. The van der Waals surface area contributed by atoms with Crippen molar-refractivity contribution >= 4 is 31.1 Å². The Morgan fingerprint density at radius 3 is 2.76 bits per heavy atom. The van der Waals surface area contributed by atoms with Gasteiger partial charge in [0, 0.05) is 44.1 Å². The quantitative estimate of drug-likeness (QED) is 0.288. The molecule has 0 bridgehead atoms. The van der Waals surface area contributed by atoms with Gasteiger partial charge in [-0.25, -0.2) is 22.0 Å². The van der Waals surface area contributed by atoms with Crippen LogP contribution in [0.2, 0.25) is 0 Å². The van der Waals surface area contributed by atoms with Crippen LogP contribution >= 0.6 is 0 Å². The molecule has 0 amide bonds. The van der Waals surface area contributed by atoms with Gasteiger partial charge in [-0.15, -0.1) is 0 Å². The summed E-state index contributed by atoms with van der Waals surface area (Å²) in [6, 6.07) is 9.20. The van der Waals surface area contributed by atoms with Crippen molar-refractivity contribution in [3.05, 3.63) is 48.8 Å². The number of nitrogens with zero attached hydrogens (tertiary/aromatic N) is 2. The van der Waals surface area contributed by atoms with Gasteiger partial charge in [0.1, 0.15) is 23.4 Å². The molecule has 2 aromatic heterocycles. The minimum Gasteiger partial charge on any atom is -0.491 e. The van der Waals surface area contributed by atoms with Crippen molar-refractivity contribution in [2.24, 2.45) is 5.14 Å². The van der Waals surface area contributed by atoms with Crippen molar-refractivity contribution in [2.75, 3.05) is 32.8 Å². The first kappa shape index (κ1) is 27.0. The number of nitrogens with one attached hydrogen (secondary N) is 2. The highest BCUT2D eigenvalue weighted by atomic mass is 32.2. The number of aromatic nitrogens is 2. The minimum atomic E-state index is -3.84. The lowest BCUT2D eigenvalue weighted by atomic mass is 9.88. The second kappa shape index (κ2) is 10.5. The summed E-state index contributed by atoms with van der Waals surface area (Å²) < 4.78 is 62.4. The first-order chi connectivity index (χ1) is 18.0. The molecule has 2 saturated heterocycles. The second-order valence-electron chi connectivity index (χ2n) is 9.77. The molecule has 206 valence electrons. The van der Waals surface area contributed by atoms with Gasteiger partial charge in [0.05, 0.1) is 28.1 Å². The molecule has 1 unspecified atom stereocenters. The van der Waals surface area contributed by atoms with E-state index in [2.05, 4.69) is 15.3 Å². The van der Waals surface area contributed by atoms with E-state index in [4.69, 9.17) is 14.6 Å². The lowest BCUT2D eigenvalue weighted by Gasteiger charge is -2.38. The number of ether oxygens (including phenoxy) is 2. The highest BCUT2D eigenvalue weighted by Crippen LogP contribution is 2.37. The maximum Gasteiger partial charge on any atom is 0.244 e. The fraction of sp³-hybridized carbons (Fsp3) is 0.458. The Kier molecular flexibility index (Phi) is 7.48. The summed E-state index contributed by atoms with van der Waals surface area (Å²) in [5.41, 5.74) is 0.991. The van der Waals surface area contributed by atoms with E-state index in [9.17, 15) is 21.9 Å². The number of primary sulfonamides is 1. The largest absolute Gasteiger partial charge is 0.491 e. The third-order valence-electron chi connectivity index (χ3n) is 7.07. The van der Waals surface area contributed by atoms with Crippen LogP contribution in [0.5, 0.6) is 5.75 Å². The highest BCUT2D eigenvalue weighted by molar-refractivity contribution is 7.89. The molecule has 4 heterocycles. The van der Waals surface area contributed by atoms with Crippen LogP contribution in [0, 0.1) is 0 Å². The number of aliphatic hydroxyl groups is 1. The summed E-state index contributed by atoms with van der Waals surface area (Å²) in [5, 5.41) is 18.8. The SMILES string of the molecule is NS(=O)(=O)c1cccc(OC[C@@H](O)CNC2COC3(CCN(S(=O)(=O)c4cnc5cc[nH]c5c4)CC3)C2)c1. The summed E-state index contributed by atoms with van der Waals surface area (Å²) >= 11 is 0. The fourth-order valence-electron chi connectivity index (χ4n) is 4.96. The maximum absolute atomic E-state index is 13.2. The third-order valence-corrected chi connectivity index (χ3v) is 9.85. The molecule has 14 heteroatoms. The van der Waals surface area contributed by atoms with Crippen molar-refractivity contribution < 1.29 is 31.4 Å². The molecule has 3 aromatic rings. The smallest absolute Gasteiger partial charge is 0.244 e. The van der Waals surface area contributed by atoms with Gasteiger partial charge in [-0.3, -0.25) is 4.98 Å². The summed E-state index contributed by atoms with van der Waals surface area (Å²) in [4.78, 5) is 7.34. The van der Waals surface area contributed by atoms with E-state index in [-0.39, 0.29) is 29.0 Å². The van der Waals surface area contributed by atoms with Crippen LogP contribution in [-0.2, 0) is 24.8 Å². The predicted octanol–water partition coefficient (Wildman–Crippen LogP) is 0.552. The number of aromatic amines is 1. The van der Waals surface area contributed by atoms with Crippen molar-refractivity contribution in [2.45, 2.75) is 46.8 Å². The molecule has 5 rings (SSSR count). The number of piperidine rings is 1. The molecule has 12 nitrogen and oxygen atoms in total. The van der Waals surface area contributed by atoms with Gasteiger partial charge in [0.2, 0.25) is 20.0 Å². The molecular weight excluding hydrogens is 534 g/mol. The van der Waals surface area contributed by atoms with Crippen molar-refractivity contribution in [3.63, 3.8) is 0 Å². The van der Waals surface area contributed by atoms with E-state index in [0.717, 1.165) is 0 Å². The Labute approximate surface area is 221 Å². The molecule has 38 heavy (non-hydrogen) atoms. The van der Waals surface area contributed by atoms with Gasteiger partial charge in [-0.05, 0) is 43.5 Å². The van der Waals surface area contributed by atoms with E-state index in [1.807, 2.05) is 0 Å². The molecule has 2 aliphatic heterocycles. The normalized spacial score (nSPS) is 21.2. The standard InChI is InChI=1S/C24H31N5O7S2/c25-37(31,32)20-3-1-2-19(10-20)35-16-18(30)13-27-17-12-24(36-15-17)5-8-29(9-6-24)38(33,34)21-11-23-22(28-14-21)4-7-26-23/h1-4,7,10-11,14,17-18,26-27,30H,5-6,8-9,12-13,15-16H2,(H2,25,31,32)/t17?,18-/m0/s1. The molecule has 1 spiro atoms. The van der Waals surface area contributed by atoms with Gasteiger partial charge in [-0.1, -0.05) is 6.07 Å². The van der Waals surface area contributed by atoms with E-state index >= 15 is 0 Å². The average molecular weight is 566 g/mol. The number of fused-ring (bicyclic) bond motifs is 1. The Hall–Kier alpha value is -2.59. The van der Waals surface area contributed by atoms with E-state index < -0.39 is 31.8 Å². The van der Waals surface area contributed by atoms with Crippen LogP contribution in [-0.4, -0.2) is 86.8 Å². The third kappa shape index (κ3) is 5.86. The van der Waals surface area contributed by atoms with Crippen molar-refractivity contribution in [3.8, 4) is 5.75 Å². The molecule has 2 aliphatic rings. The number of hydrogen-bond acceptors (Lipinski definition) is 9. The minimum absolute atomic E-state index is 0.0120. The van der Waals surface area contributed by atoms with Gasteiger partial charge < -0.3 is 24.9 Å². The van der Waals surface area contributed by atoms with E-state index in [0.29, 0.717) is 55.7 Å². The molecule has 1 aromatic carbocycles. The van der Waals surface area contributed by atoms with Gasteiger partial charge in [0.15, 0.2) is 0 Å². The second-order valence-corrected chi connectivity index (χ2v) is 13.3. The lowest BCUT2D eigenvalue weighted by Crippen LogP contribution is -2.47. The van der Waals surface area contributed by atoms with Gasteiger partial charge in [-0.2, -0.15) is 4.31 Å². The summed E-state index contributed by atoms with van der Waals surface area (Å²) in [6.07, 6.45) is 4.16. The average Bonchev–Trinajstić information content (AvgIpc) is 3.53. The van der Waals surface area contributed by atoms with Crippen molar-refractivity contribution in [1.82, 2.24) is 19.6 Å². The molecule has 0 radical (unpaired) electrons. The summed E-state index contributed by atoms with van der Waals surface area (Å²) in [6.45, 7) is 1.39. The van der Waals surface area contributed by atoms with Crippen LogP contribution in [0.25, 0.3) is 11.0 Å². The number of pyridine rings is 1. The highest BCUT2D eigenvalue weighted by Gasteiger charge is 2.44. The topological polar surface area (TPSA) is 177 Å². The number of benzene rings is 1. The predicted molar refractivity (Wildman–Crippen MR) is 138 cm³/mol. The molecular formula is C24H31N5O7S2. The van der Waals surface area contributed by atoms with Gasteiger partial charge in [0.25, 0.3) is 0 Å². The monoisotopic (exact) mass is 565 g/mol. The Balaban J connectivity index is 1.09. The fourth-order valence-corrected chi connectivity index (χ4v) is 6.92. The van der Waals surface area contributed by atoms with Crippen LogP contribution in [0.4, 0.5) is 0 Å². The van der Waals surface area contributed by atoms with Crippen LogP contribution in [0.1, 0.15) is 19.3 Å². The number of nitrogens with two attached hydrogens (primary N) is 1. The molecule has 2 atom stereocenters. The van der Waals surface area contributed by atoms with Crippen LogP contribution < -0.4 is 15.2 Å². The number of H-pyrrole nitrogens is 1. The lowest BCUT2D eigenvalue weighted by molar-refractivity contribution is -0.0312. The molecule has 0 aliphatic carbocycles. The zero-order chi connectivity index (χ0) is 27.0. The number of sulfonamides is 2. The molecule has 0 saturated carbocycles. The van der Waals surface area contributed by atoms with E-state index in [1.165, 1.54) is 28.7 Å². The van der Waals surface area contributed by atoms with Crippen LogP contribution in [0.3, 0.4) is 0 Å². The summed E-state index contributed by atoms with van der Waals surface area (Å²) in [5.74, 6) is 0.295. The molecule has 5 N–H and O–H groups in total. The number of hydrogen-bond donors (Lipinski definition) is 4. The van der Waals surface area contributed by atoms with Crippen LogP contribution in [0.15, 0.2) is 58.6 Å². The van der Waals surface area contributed by atoms with Crippen molar-refractivity contribution in [1.29, 1.82) is 0 Å². The Bertz CT molecular complexity index is 1500. The zero-order valence-corrected chi connectivity index (χ0v) is 22.2. The first-order valence-corrected chi connectivity index (χ1v) is 15.3. The first-order valence-electron chi connectivity index (χ1n) is 12.3. The number of rotatable bonds is 9. The maximum atomic E-state index is 13.2.